The predicted octanol–water partition coefficient (Wildman–Crippen LogP) is 3.40. The van der Waals surface area contributed by atoms with Gasteiger partial charge in [0.1, 0.15) is 5.82 Å². The molecule has 1 amide bonds. The Kier molecular flexibility index (Phi) is 6.40. The van der Waals surface area contributed by atoms with E-state index in [4.69, 9.17) is 0 Å². The Morgan fingerprint density at radius 1 is 1.17 bits per heavy atom. The number of halogens is 3. The molecule has 1 fully saturated rings. The van der Waals surface area contributed by atoms with Crippen molar-refractivity contribution in [3.63, 3.8) is 0 Å². The Morgan fingerprint density at radius 2 is 1.86 bits per heavy atom. The van der Waals surface area contributed by atoms with Crippen LogP contribution in [0, 0.1) is 0 Å². The fourth-order valence-corrected chi connectivity index (χ4v) is 4.09. The van der Waals surface area contributed by atoms with Crippen LogP contribution in [0.25, 0.3) is 0 Å². The molecule has 10 heteroatoms. The average Bonchev–Trinajstić information content (AvgIpc) is 3.06. The van der Waals surface area contributed by atoms with Crippen molar-refractivity contribution >= 4 is 23.4 Å². The minimum Gasteiger partial charge on any atom is -0.368 e. The van der Waals surface area contributed by atoms with Gasteiger partial charge in [-0.25, -0.2) is 0 Å². The van der Waals surface area contributed by atoms with Gasteiger partial charge in [0.15, 0.2) is 5.16 Å². The number of thioether (sulfide) groups is 1. The van der Waals surface area contributed by atoms with E-state index in [2.05, 4.69) is 10.2 Å². The fourth-order valence-electron chi connectivity index (χ4n) is 3.27. The number of hydrogen-bond acceptors (Lipinski definition) is 5. The second-order valence-electron chi connectivity index (χ2n) is 7.26. The first-order chi connectivity index (χ1) is 13.7. The molecule has 1 aromatic carbocycles. The van der Waals surface area contributed by atoms with Gasteiger partial charge in [0.05, 0.1) is 11.3 Å². The van der Waals surface area contributed by atoms with Crippen molar-refractivity contribution in [1.29, 1.82) is 0 Å². The van der Waals surface area contributed by atoms with Gasteiger partial charge in [-0.15, -0.1) is 10.2 Å². The Labute approximate surface area is 172 Å². The normalized spacial score (nSPS) is 15.3. The molecule has 0 aliphatic carbocycles. The molecule has 3 rings (SSSR count). The van der Waals surface area contributed by atoms with Crippen molar-refractivity contribution < 1.29 is 18.0 Å². The second kappa shape index (κ2) is 8.64. The van der Waals surface area contributed by atoms with Crippen LogP contribution in [-0.2, 0) is 18.0 Å². The summed E-state index contributed by atoms with van der Waals surface area (Å²) < 4.78 is 40.6. The number of amides is 1. The number of carbonyl (C=O) groups is 1. The van der Waals surface area contributed by atoms with Crippen LogP contribution >= 0.6 is 11.8 Å². The first-order valence-electron chi connectivity index (χ1n) is 9.39. The highest BCUT2D eigenvalue weighted by molar-refractivity contribution is 7.99. The molecule has 0 unspecified atom stereocenters. The van der Waals surface area contributed by atoms with Crippen LogP contribution in [0.5, 0.6) is 0 Å². The van der Waals surface area contributed by atoms with Crippen LogP contribution in [0.2, 0.25) is 0 Å². The summed E-state index contributed by atoms with van der Waals surface area (Å²) in [7, 11) is 1.88. The van der Waals surface area contributed by atoms with Crippen LogP contribution in [0.15, 0.2) is 29.4 Å². The van der Waals surface area contributed by atoms with Gasteiger partial charge in [0.2, 0.25) is 5.91 Å². The third kappa shape index (κ3) is 5.04. The number of rotatable bonds is 5. The minimum absolute atomic E-state index is 0.00668. The van der Waals surface area contributed by atoms with Gasteiger partial charge in [-0.1, -0.05) is 31.7 Å². The molecule has 0 N–H and O–H groups in total. The summed E-state index contributed by atoms with van der Waals surface area (Å²) >= 11 is 1.35. The fraction of sp³-hybridized carbons (Fsp3) is 0.526. The van der Waals surface area contributed by atoms with Crippen LogP contribution in [0.4, 0.5) is 18.9 Å². The van der Waals surface area contributed by atoms with E-state index in [0.29, 0.717) is 37.0 Å². The number of nitrogens with zero attached hydrogens (tertiary/aromatic N) is 5. The Hall–Kier alpha value is -2.23. The third-order valence-corrected chi connectivity index (χ3v) is 5.89. The SMILES string of the molecule is CC(C)c1nnc(SCC(=O)N2CCN(c3cccc(C(F)(F)F)c3)CC2)n1C. The molecule has 0 spiro atoms. The van der Waals surface area contributed by atoms with Gasteiger partial charge in [-0.2, -0.15) is 13.2 Å². The van der Waals surface area contributed by atoms with Gasteiger partial charge in [0.25, 0.3) is 0 Å². The van der Waals surface area contributed by atoms with Gasteiger partial charge in [0, 0.05) is 44.8 Å². The first kappa shape index (κ1) is 21.5. The van der Waals surface area contributed by atoms with Crippen molar-refractivity contribution in [3.8, 4) is 0 Å². The van der Waals surface area contributed by atoms with Crippen molar-refractivity contribution in [2.45, 2.75) is 31.1 Å². The molecule has 1 aliphatic heterocycles. The largest absolute Gasteiger partial charge is 0.416 e. The molecule has 158 valence electrons. The molecule has 0 saturated carbocycles. The number of alkyl halides is 3. The van der Waals surface area contributed by atoms with Gasteiger partial charge < -0.3 is 14.4 Å². The molecule has 2 aromatic rings. The maximum Gasteiger partial charge on any atom is 0.416 e. The molecule has 1 aromatic heterocycles. The smallest absolute Gasteiger partial charge is 0.368 e. The number of anilines is 1. The van der Waals surface area contributed by atoms with Crippen molar-refractivity contribution in [1.82, 2.24) is 19.7 Å². The predicted molar refractivity (Wildman–Crippen MR) is 106 cm³/mol. The molecule has 0 radical (unpaired) electrons. The van der Waals surface area contributed by atoms with Gasteiger partial charge in [-0.3, -0.25) is 4.79 Å². The highest BCUT2D eigenvalue weighted by Gasteiger charge is 2.31. The quantitative estimate of drug-likeness (QED) is 0.685. The maximum atomic E-state index is 12.9. The van der Waals surface area contributed by atoms with Crippen LogP contribution in [0.1, 0.15) is 31.2 Å². The third-order valence-electron chi connectivity index (χ3n) is 4.88. The van der Waals surface area contributed by atoms with Gasteiger partial charge >= 0.3 is 6.18 Å². The lowest BCUT2D eigenvalue weighted by atomic mass is 10.1. The van der Waals surface area contributed by atoms with Crippen molar-refractivity contribution in [2.75, 3.05) is 36.8 Å². The van der Waals surface area contributed by atoms with Crippen molar-refractivity contribution in [3.05, 3.63) is 35.7 Å². The van der Waals surface area contributed by atoms with E-state index in [9.17, 15) is 18.0 Å². The molecular weight excluding hydrogens is 403 g/mol. The van der Waals surface area contributed by atoms with E-state index in [0.717, 1.165) is 18.0 Å². The molecule has 0 atom stereocenters. The standard InChI is InChI=1S/C19H24F3N5OS/c1-13(2)17-23-24-18(25(17)3)29-12-16(28)27-9-7-26(8-10-27)15-6-4-5-14(11-15)19(20,21)22/h4-6,11,13H,7-10,12H2,1-3H3. The number of carbonyl (C=O) groups excluding carboxylic acids is 1. The zero-order chi connectivity index (χ0) is 21.2. The zero-order valence-electron chi connectivity index (χ0n) is 16.6. The lowest BCUT2D eigenvalue weighted by Gasteiger charge is -2.36. The van der Waals surface area contributed by atoms with E-state index in [1.807, 2.05) is 30.4 Å². The molecule has 1 saturated heterocycles. The molecule has 0 bridgehead atoms. The zero-order valence-corrected chi connectivity index (χ0v) is 17.4. The molecule has 29 heavy (non-hydrogen) atoms. The highest BCUT2D eigenvalue weighted by Crippen LogP contribution is 2.32. The molecule has 2 heterocycles. The topological polar surface area (TPSA) is 54.3 Å². The van der Waals surface area contributed by atoms with Crippen LogP contribution in [-0.4, -0.2) is 57.5 Å². The summed E-state index contributed by atoms with van der Waals surface area (Å²) in [5.74, 6) is 1.37. The Balaban J connectivity index is 1.53. The highest BCUT2D eigenvalue weighted by atomic mass is 32.2. The molecular formula is C19H24F3N5OS. The van der Waals surface area contributed by atoms with E-state index in [1.54, 1.807) is 11.0 Å². The summed E-state index contributed by atoms with van der Waals surface area (Å²) in [6.07, 6.45) is -4.36. The Morgan fingerprint density at radius 3 is 2.45 bits per heavy atom. The van der Waals surface area contributed by atoms with Crippen LogP contribution in [0.3, 0.4) is 0 Å². The second-order valence-corrected chi connectivity index (χ2v) is 8.20. The summed E-state index contributed by atoms with van der Waals surface area (Å²) in [5.41, 5.74) is -0.129. The number of aromatic nitrogens is 3. The maximum absolute atomic E-state index is 12.9. The van der Waals surface area contributed by atoms with Crippen molar-refractivity contribution in [2.24, 2.45) is 7.05 Å². The number of hydrogen-bond donors (Lipinski definition) is 0. The monoisotopic (exact) mass is 427 g/mol. The number of benzene rings is 1. The summed E-state index contributed by atoms with van der Waals surface area (Å²) in [4.78, 5) is 16.2. The Bertz CT molecular complexity index is 860. The summed E-state index contributed by atoms with van der Waals surface area (Å²) in [6.45, 7) is 6.02. The number of piperazine rings is 1. The average molecular weight is 427 g/mol. The lowest BCUT2D eigenvalue weighted by molar-refractivity contribution is -0.137. The van der Waals surface area contributed by atoms with E-state index >= 15 is 0 Å². The molecule has 6 nitrogen and oxygen atoms in total. The lowest BCUT2D eigenvalue weighted by Crippen LogP contribution is -2.49. The van der Waals surface area contributed by atoms with E-state index < -0.39 is 11.7 Å². The first-order valence-corrected chi connectivity index (χ1v) is 10.4. The van der Waals surface area contributed by atoms with E-state index in [-0.39, 0.29) is 17.6 Å². The minimum atomic E-state index is -4.36. The van der Waals surface area contributed by atoms with Gasteiger partial charge in [-0.05, 0) is 18.2 Å². The van der Waals surface area contributed by atoms with Crippen LogP contribution < -0.4 is 4.90 Å². The summed E-state index contributed by atoms with van der Waals surface area (Å²) in [5, 5.41) is 8.99. The van der Waals surface area contributed by atoms with E-state index in [1.165, 1.54) is 17.8 Å². The summed E-state index contributed by atoms with van der Waals surface area (Å²) in [6, 6.07) is 5.31. The molecule has 1 aliphatic rings.